The second-order valence-electron chi connectivity index (χ2n) is 9.80. The first-order valence-electron chi connectivity index (χ1n) is 12.7. The Balaban J connectivity index is 1.27. The molecule has 1 saturated heterocycles. The summed E-state index contributed by atoms with van der Waals surface area (Å²) in [7, 11) is 0. The van der Waals surface area contributed by atoms with Crippen molar-refractivity contribution in [1.82, 2.24) is 4.90 Å². The van der Waals surface area contributed by atoms with Gasteiger partial charge in [-0.3, -0.25) is 9.69 Å². The van der Waals surface area contributed by atoms with E-state index in [0.717, 1.165) is 17.9 Å². The van der Waals surface area contributed by atoms with E-state index in [1.54, 1.807) is 36.4 Å². The molecule has 1 aliphatic heterocycles. The number of ketones is 1. The van der Waals surface area contributed by atoms with Crippen LogP contribution in [-0.4, -0.2) is 46.6 Å². The number of hydrogen-bond donors (Lipinski definition) is 2. The summed E-state index contributed by atoms with van der Waals surface area (Å²) in [6, 6.07) is 19.4. The molecule has 1 heterocycles. The second-order valence-corrected chi connectivity index (χ2v) is 9.80. The molecule has 0 bridgehead atoms. The molecule has 35 heavy (non-hydrogen) atoms. The van der Waals surface area contributed by atoms with Crippen molar-refractivity contribution in [3.63, 3.8) is 0 Å². The van der Waals surface area contributed by atoms with E-state index >= 15 is 0 Å². The number of phenols is 2. The number of phenolic OH excluding ortho intramolecular Hbond substituents is 2. The third-order valence-corrected chi connectivity index (χ3v) is 7.49. The van der Waals surface area contributed by atoms with Crippen LogP contribution in [0.15, 0.2) is 66.7 Å². The smallest absolute Gasteiger partial charge is 0.193 e. The highest BCUT2D eigenvalue weighted by molar-refractivity contribution is 6.13. The average molecular weight is 472 g/mol. The Morgan fingerprint density at radius 2 is 1.54 bits per heavy atom. The summed E-state index contributed by atoms with van der Waals surface area (Å²) in [6.45, 7) is 3.17. The van der Waals surface area contributed by atoms with E-state index in [-0.39, 0.29) is 17.3 Å². The summed E-state index contributed by atoms with van der Waals surface area (Å²) in [4.78, 5) is 16.0. The molecule has 0 aromatic heterocycles. The molecule has 182 valence electrons. The number of likely N-dealkylation sites (tertiary alicyclic amines) is 1. The van der Waals surface area contributed by atoms with Crippen LogP contribution in [0.2, 0.25) is 0 Å². The lowest BCUT2D eigenvalue weighted by molar-refractivity contribution is 0.103. The van der Waals surface area contributed by atoms with Gasteiger partial charge >= 0.3 is 0 Å². The minimum Gasteiger partial charge on any atom is -0.508 e. The van der Waals surface area contributed by atoms with Crippen molar-refractivity contribution < 1.29 is 19.7 Å². The number of carbonyl (C=O) groups is 1. The van der Waals surface area contributed by atoms with Crippen LogP contribution in [-0.2, 0) is 0 Å². The zero-order valence-electron chi connectivity index (χ0n) is 20.0. The van der Waals surface area contributed by atoms with Crippen molar-refractivity contribution in [1.29, 1.82) is 0 Å². The molecule has 5 heteroatoms. The molecular formula is C30H33NO4. The van der Waals surface area contributed by atoms with Crippen LogP contribution in [0.4, 0.5) is 0 Å². The third kappa shape index (κ3) is 5.35. The Morgan fingerprint density at radius 1 is 0.829 bits per heavy atom. The Hall–Kier alpha value is -3.31. The van der Waals surface area contributed by atoms with Gasteiger partial charge in [0.15, 0.2) is 5.78 Å². The van der Waals surface area contributed by atoms with E-state index in [9.17, 15) is 15.0 Å². The fourth-order valence-corrected chi connectivity index (χ4v) is 5.61. The zero-order valence-corrected chi connectivity index (χ0v) is 20.0. The topological polar surface area (TPSA) is 70.0 Å². The predicted molar refractivity (Wildman–Crippen MR) is 137 cm³/mol. The molecule has 0 radical (unpaired) electrons. The minimum absolute atomic E-state index is 0.0862. The molecular weight excluding hydrogens is 438 g/mol. The van der Waals surface area contributed by atoms with Crippen LogP contribution >= 0.6 is 0 Å². The van der Waals surface area contributed by atoms with Gasteiger partial charge in [0.2, 0.25) is 0 Å². The van der Waals surface area contributed by atoms with Crippen LogP contribution < -0.4 is 4.74 Å². The third-order valence-electron chi connectivity index (χ3n) is 7.49. The van der Waals surface area contributed by atoms with Crippen molar-refractivity contribution in [3.8, 4) is 28.4 Å². The highest BCUT2D eigenvalue weighted by Crippen LogP contribution is 2.33. The van der Waals surface area contributed by atoms with E-state index in [1.165, 1.54) is 57.7 Å². The minimum atomic E-state index is -0.124. The molecule has 1 saturated carbocycles. The van der Waals surface area contributed by atoms with E-state index in [2.05, 4.69) is 4.90 Å². The lowest BCUT2D eigenvalue weighted by Gasteiger charge is -2.35. The number of aromatic hydroxyl groups is 2. The molecule has 2 fully saturated rings. The maximum Gasteiger partial charge on any atom is 0.193 e. The molecule has 3 aromatic carbocycles. The summed E-state index contributed by atoms with van der Waals surface area (Å²) >= 11 is 0. The van der Waals surface area contributed by atoms with Crippen LogP contribution in [0.1, 0.15) is 54.4 Å². The van der Waals surface area contributed by atoms with Gasteiger partial charge in [0.25, 0.3) is 0 Å². The van der Waals surface area contributed by atoms with Crippen LogP contribution in [0.25, 0.3) is 11.1 Å². The van der Waals surface area contributed by atoms with E-state index in [0.29, 0.717) is 28.7 Å². The number of benzene rings is 3. The standard InChI is InChI=1S/C30H33NO4/c32-24-11-7-21(8-12-24)28-19-25(33)13-16-27(28)30(34)22-9-14-26(15-10-22)35-20-23-5-4-6-29(23)31-17-2-1-3-18-31/h7-16,19,23,29,32-33H,1-6,17-18,20H2. The molecule has 3 aromatic rings. The Bertz CT molecular complexity index is 1150. The number of carbonyl (C=O) groups excluding carboxylic acids is 1. The van der Waals surface area contributed by atoms with Crippen molar-refractivity contribution in [2.75, 3.05) is 19.7 Å². The molecule has 2 atom stereocenters. The number of rotatable bonds is 7. The first-order valence-corrected chi connectivity index (χ1v) is 12.7. The maximum absolute atomic E-state index is 13.3. The monoisotopic (exact) mass is 471 g/mol. The van der Waals surface area contributed by atoms with Gasteiger partial charge in [-0.15, -0.1) is 0 Å². The molecule has 1 aliphatic carbocycles. The largest absolute Gasteiger partial charge is 0.508 e. The number of ether oxygens (including phenoxy) is 1. The molecule has 5 rings (SSSR count). The molecule has 5 nitrogen and oxygen atoms in total. The van der Waals surface area contributed by atoms with Gasteiger partial charge in [0.1, 0.15) is 17.2 Å². The first kappa shape index (κ1) is 23.4. The Labute approximate surface area is 207 Å². The second kappa shape index (κ2) is 10.5. The highest BCUT2D eigenvalue weighted by atomic mass is 16.5. The summed E-state index contributed by atoms with van der Waals surface area (Å²) in [5.74, 6) is 1.47. The van der Waals surface area contributed by atoms with Gasteiger partial charge in [-0.2, -0.15) is 0 Å². The van der Waals surface area contributed by atoms with Crippen molar-refractivity contribution >= 4 is 5.78 Å². The van der Waals surface area contributed by atoms with E-state index < -0.39 is 0 Å². The van der Waals surface area contributed by atoms with Gasteiger partial charge in [-0.1, -0.05) is 25.0 Å². The Kier molecular flexibility index (Phi) is 7.05. The predicted octanol–water partition coefficient (Wildman–Crippen LogP) is 6.03. The lowest BCUT2D eigenvalue weighted by atomic mass is 9.93. The lowest BCUT2D eigenvalue weighted by Crippen LogP contribution is -2.42. The normalized spacial score (nSPS) is 20.6. The summed E-state index contributed by atoms with van der Waals surface area (Å²) in [6.07, 6.45) is 7.76. The van der Waals surface area contributed by atoms with Crippen LogP contribution in [0, 0.1) is 5.92 Å². The van der Waals surface area contributed by atoms with Crippen molar-refractivity contribution in [2.45, 2.75) is 44.6 Å². The van der Waals surface area contributed by atoms with Gasteiger partial charge in [-0.25, -0.2) is 0 Å². The molecule has 2 N–H and O–H groups in total. The maximum atomic E-state index is 13.3. The quantitative estimate of drug-likeness (QED) is 0.412. The molecule has 0 amide bonds. The van der Waals surface area contributed by atoms with E-state index in [1.807, 2.05) is 24.3 Å². The summed E-state index contributed by atoms with van der Waals surface area (Å²) in [5.41, 5.74) is 2.44. The number of piperidine rings is 1. The molecule has 2 aliphatic rings. The van der Waals surface area contributed by atoms with Crippen molar-refractivity contribution in [3.05, 3.63) is 77.9 Å². The van der Waals surface area contributed by atoms with Crippen LogP contribution in [0.3, 0.4) is 0 Å². The van der Waals surface area contributed by atoms with E-state index in [4.69, 9.17) is 4.74 Å². The Morgan fingerprint density at radius 3 is 2.29 bits per heavy atom. The van der Waals surface area contributed by atoms with Crippen LogP contribution in [0.5, 0.6) is 17.2 Å². The van der Waals surface area contributed by atoms with Gasteiger partial charge < -0.3 is 14.9 Å². The van der Waals surface area contributed by atoms with Gasteiger partial charge in [-0.05, 0) is 104 Å². The van der Waals surface area contributed by atoms with Gasteiger partial charge in [0.05, 0.1) is 6.61 Å². The summed E-state index contributed by atoms with van der Waals surface area (Å²) in [5, 5.41) is 19.6. The number of hydrogen-bond acceptors (Lipinski definition) is 5. The molecule has 0 spiro atoms. The van der Waals surface area contributed by atoms with Crippen molar-refractivity contribution in [2.24, 2.45) is 5.92 Å². The average Bonchev–Trinajstić information content (AvgIpc) is 3.37. The zero-order chi connectivity index (χ0) is 24.2. The highest BCUT2D eigenvalue weighted by Gasteiger charge is 2.33. The number of nitrogens with zero attached hydrogens (tertiary/aromatic N) is 1. The molecule has 2 unspecified atom stereocenters. The fraction of sp³-hybridized carbons (Fsp3) is 0.367. The SMILES string of the molecule is O=C(c1ccc(OCC2CCCC2N2CCCCC2)cc1)c1ccc(O)cc1-c1ccc(O)cc1. The summed E-state index contributed by atoms with van der Waals surface area (Å²) < 4.78 is 6.18. The fourth-order valence-electron chi connectivity index (χ4n) is 5.61. The first-order chi connectivity index (χ1) is 17.1. The van der Waals surface area contributed by atoms with Gasteiger partial charge in [0, 0.05) is 23.1 Å².